The van der Waals surface area contributed by atoms with Crippen molar-refractivity contribution in [2.75, 3.05) is 7.11 Å². The van der Waals surface area contributed by atoms with Crippen LogP contribution in [0.1, 0.15) is 31.1 Å². The normalized spacial score (nSPS) is 13.1. The number of ether oxygens (including phenoxy) is 2. The molecule has 0 bridgehead atoms. The Bertz CT molecular complexity index is 1690. The molecule has 0 radical (unpaired) electrons. The van der Waals surface area contributed by atoms with Crippen LogP contribution in [0.2, 0.25) is 5.02 Å². The van der Waals surface area contributed by atoms with Gasteiger partial charge < -0.3 is 9.47 Å². The molecule has 2 aromatic carbocycles. The molecule has 2 aromatic heterocycles. The number of aryl methyl sites for hydroxylation is 1. The molecule has 0 unspecified atom stereocenters. The van der Waals surface area contributed by atoms with Crippen LogP contribution in [-0.4, -0.2) is 31.8 Å². The number of hydrogen-bond donors (Lipinski definition) is 0. The predicted molar refractivity (Wildman–Crippen MR) is 151 cm³/mol. The highest BCUT2D eigenvalue weighted by molar-refractivity contribution is 6.30. The Morgan fingerprint density at radius 2 is 1.62 bits per heavy atom. The molecule has 4 rings (SSSR count). The minimum Gasteiger partial charge on any atom is -0.469 e. The zero-order valence-electron chi connectivity index (χ0n) is 22.9. The second-order valence-electron chi connectivity index (χ2n) is 9.40. The van der Waals surface area contributed by atoms with Crippen LogP contribution in [0.5, 0.6) is 11.5 Å². The molecule has 0 N–H and O–H groups in total. The molecule has 10 nitrogen and oxygen atoms in total. The summed E-state index contributed by atoms with van der Waals surface area (Å²) in [7, 11) is 2.80. The van der Waals surface area contributed by atoms with Crippen LogP contribution in [0.25, 0.3) is 0 Å². The van der Waals surface area contributed by atoms with Crippen LogP contribution in [0, 0.1) is 12.8 Å². The lowest BCUT2D eigenvalue weighted by atomic mass is 10.0. The smallest absolute Gasteiger partial charge is 0.335 e. The fourth-order valence-electron chi connectivity index (χ4n) is 4.08. The maximum Gasteiger partial charge on any atom is 0.335 e. The van der Waals surface area contributed by atoms with Crippen molar-refractivity contribution in [3.63, 3.8) is 0 Å². The summed E-state index contributed by atoms with van der Waals surface area (Å²) in [5.74, 6) is -0.0902. The largest absolute Gasteiger partial charge is 0.469 e. The highest BCUT2D eigenvalue weighted by atomic mass is 35.5. The number of rotatable bonds is 8. The molecule has 0 aliphatic rings. The van der Waals surface area contributed by atoms with Crippen molar-refractivity contribution in [2.45, 2.75) is 33.4 Å². The third kappa shape index (κ3) is 6.23. The lowest BCUT2D eigenvalue weighted by Gasteiger charge is -2.22. The topological polar surface area (TPSA) is 110 Å². The molecule has 40 heavy (non-hydrogen) atoms. The fourth-order valence-corrected chi connectivity index (χ4v) is 4.21. The number of esters is 1. The van der Waals surface area contributed by atoms with Gasteiger partial charge in [-0.25, -0.2) is 19.1 Å². The lowest BCUT2D eigenvalue weighted by Crippen LogP contribution is -2.56. The van der Waals surface area contributed by atoms with E-state index in [0.29, 0.717) is 22.2 Å². The van der Waals surface area contributed by atoms with Gasteiger partial charge in [-0.05, 0) is 74.9 Å². The number of carbonyl (C=O) groups is 1. The predicted octanol–water partition coefficient (Wildman–Crippen LogP) is 4.15. The minimum atomic E-state index is -0.767. The average Bonchev–Trinajstić information content (AvgIpc) is 2.96. The van der Waals surface area contributed by atoms with Gasteiger partial charge in [0.25, 0.3) is 0 Å². The molecule has 4 aromatic rings. The van der Waals surface area contributed by atoms with E-state index in [2.05, 4.69) is 9.98 Å². The molecule has 0 aliphatic carbocycles. The van der Waals surface area contributed by atoms with E-state index >= 15 is 0 Å². The summed E-state index contributed by atoms with van der Waals surface area (Å²) in [6.07, 6.45) is 1.64. The van der Waals surface area contributed by atoms with Gasteiger partial charge in [-0.2, -0.15) is 0 Å². The Kier molecular flexibility index (Phi) is 8.69. The Hall–Kier alpha value is -4.44. The van der Waals surface area contributed by atoms with Gasteiger partial charge in [0.05, 0.1) is 37.5 Å². The molecule has 0 saturated heterocycles. The van der Waals surface area contributed by atoms with Crippen molar-refractivity contribution in [1.82, 2.24) is 18.7 Å². The maximum absolute atomic E-state index is 13.8. The number of hydrogen-bond acceptors (Lipinski definition) is 7. The van der Waals surface area contributed by atoms with Crippen LogP contribution >= 0.6 is 11.6 Å². The minimum absolute atomic E-state index is 0.115. The zero-order valence-corrected chi connectivity index (χ0v) is 23.6. The molecule has 0 fully saturated rings. The second-order valence-corrected chi connectivity index (χ2v) is 9.84. The summed E-state index contributed by atoms with van der Waals surface area (Å²) in [5.41, 5.74) is 1.09. The van der Waals surface area contributed by atoms with Crippen LogP contribution in [0.15, 0.2) is 81.4 Å². The van der Waals surface area contributed by atoms with E-state index in [1.807, 2.05) is 19.1 Å². The van der Waals surface area contributed by atoms with Crippen molar-refractivity contribution >= 4 is 23.3 Å². The number of nitrogens with zero attached hydrogens (tertiary/aromatic N) is 5. The second kappa shape index (κ2) is 12.2. The van der Waals surface area contributed by atoms with E-state index < -0.39 is 29.3 Å². The van der Waals surface area contributed by atoms with Crippen molar-refractivity contribution in [1.29, 1.82) is 0 Å². The number of halogens is 1. The average molecular weight is 564 g/mol. The van der Waals surface area contributed by atoms with Crippen LogP contribution in [0.4, 0.5) is 5.69 Å². The van der Waals surface area contributed by atoms with E-state index in [9.17, 15) is 14.4 Å². The van der Waals surface area contributed by atoms with Crippen LogP contribution in [0.3, 0.4) is 0 Å². The van der Waals surface area contributed by atoms with E-state index in [-0.39, 0.29) is 12.2 Å². The molecule has 208 valence electrons. The Labute approximate surface area is 235 Å². The third-order valence-electron chi connectivity index (χ3n) is 6.61. The molecule has 0 aliphatic heterocycles. The summed E-state index contributed by atoms with van der Waals surface area (Å²) in [5, 5.41) is 0.556. The monoisotopic (exact) mass is 563 g/mol. The number of pyridine rings is 1. The number of methoxy groups -OCH3 is 1. The third-order valence-corrected chi connectivity index (χ3v) is 6.87. The van der Waals surface area contributed by atoms with Gasteiger partial charge in [-0.3, -0.25) is 18.9 Å². The van der Waals surface area contributed by atoms with Crippen molar-refractivity contribution < 1.29 is 14.3 Å². The molecule has 2 heterocycles. The standard InChI is InChI=1S/C29H30ClN5O5/c1-18-6-13-25(16-31-18)40-24-14-11-23(12-15-24)32-27-33(4)28(37)35(20(3)19(2)26(36)39-5)29(38)34(27)17-21-7-9-22(30)10-8-21/h6-16,19-20H,17H2,1-5H3/b32-27+/t19-,20+/m0/s1. The van der Waals surface area contributed by atoms with Crippen LogP contribution in [-0.2, 0) is 23.1 Å². The van der Waals surface area contributed by atoms with Crippen molar-refractivity contribution in [3.05, 3.63) is 110 Å². The summed E-state index contributed by atoms with van der Waals surface area (Å²) < 4.78 is 14.4. The molecule has 11 heteroatoms. The first-order valence-electron chi connectivity index (χ1n) is 12.6. The number of carbonyl (C=O) groups excluding carboxylic acids is 1. The van der Waals surface area contributed by atoms with Gasteiger partial charge in [-0.15, -0.1) is 0 Å². The zero-order chi connectivity index (χ0) is 29.0. The molecule has 2 atom stereocenters. The van der Waals surface area contributed by atoms with Gasteiger partial charge in [0.1, 0.15) is 11.5 Å². The first-order valence-corrected chi connectivity index (χ1v) is 13.0. The van der Waals surface area contributed by atoms with Crippen molar-refractivity contribution in [2.24, 2.45) is 18.0 Å². The molecular weight excluding hydrogens is 534 g/mol. The van der Waals surface area contributed by atoms with E-state index in [4.69, 9.17) is 21.1 Å². The van der Waals surface area contributed by atoms with Gasteiger partial charge in [0.15, 0.2) is 0 Å². The number of aromatic nitrogens is 4. The first kappa shape index (κ1) is 28.6. The fraction of sp³-hybridized carbons (Fsp3) is 0.276. The van der Waals surface area contributed by atoms with E-state index in [1.165, 1.54) is 23.3 Å². The Morgan fingerprint density at radius 3 is 2.23 bits per heavy atom. The van der Waals surface area contributed by atoms with Gasteiger partial charge >= 0.3 is 17.3 Å². The lowest BCUT2D eigenvalue weighted by molar-refractivity contribution is -0.146. The van der Waals surface area contributed by atoms with Gasteiger partial charge in [-0.1, -0.05) is 23.7 Å². The summed E-state index contributed by atoms with van der Waals surface area (Å²) in [6.45, 7) is 5.26. The van der Waals surface area contributed by atoms with E-state index in [0.717, 1.165) is 15.8 Å². The summed E-state index contributed by atoms with van der Waals surface area (Å²) >= 11 is 6.05. The van der Waals surface area contributed by atoms with Gasteiger partial charge in [0.2, 0.25) is 5.62 Å². The van der Waals surface area contributed by atoms with Crippen LogP contribution < -0.4 is 21.7 Å². The van der Waals surface area contributed by atoms with Crippen molar-refractivity contribution in [3.8, 4) is 11.5 Å². The summed E-state index contributed by atoms with van der Waals surface area (Å²) in [6, 6.07) is 16.9. The number of benzene rings is 2. The Morgan fingerprint density at radius 1 is 0.975 bits per heavy atom. The Balaban J connectivity index is 1.82. The molecule has 0 amide bonds. The molecule has 0 spiro atoms. The maximum atomic E-state index is 13.8. The highest BCUT2D eigenvalue weighted by Gasteiger charge is 2.27. The molecule has 0 saturated carbocycles. The van der Waals surface area contributed by atoms with E-state index in [1.54, 1.807) is 68.6 Å². The SMILES string of the molecule is COC(=O)[C@@H](C)[C@@H](C)n1c(=O)n(C)/c(=N\c2ccc(Oc3ccc(C)nc3)cc2)n(Cc2ccc(Cl)cc2)c1=O. The first-order chi connectivity index (χ1) is 19.1. The van der Waals surface area contributed by atoms with Gasteiger partial charge in [0, 0.05) is 17.8 Å². The highest BCUT2D eigenvalue weighted by Crippen LogP contribution is 2.23. The summed E-state index contributed by atoms with van der Waals surface area (Å²) in [4.78, 5) is 48.4. The quantitative estimate of drug-likeness (QED) is 0.298. The molecular formula is C29H30ClN5O5.